The standard InChI is InChI=1S/C10H8Br4Cl2/c11-1-5-6(2-12)10(16)8(4-14)7(3-13)9(5)15/h1-4H2. The summed E-state index contributed by atoms with van der Waals surface area (Å²) in [7, 11) is 0. The molecular formula is C10H8Br4Cl2. The van der Waals surface area contributed by atoms with Crippen LogP contribution in [0.3, 0.4) is 0 Å². The summed E-state index contributed by atoms with van der Waals surface area (Å²) < 4.78 is 0. The lowest BCUT2D eigenvalue weighted by Crippen LogP contribution is -2.01. The Balaban J connectivity index is 3.60. The Morgan fingerprint density at radius 3 is 0.875 bits per heavy atom. The number of alkyl halides is 4. The second kappa shape index (κ2) is 7.34. The van der Waals surface area contributed by atoms with Crippen LogP contribution in [0, 0.1) is 0 Å². The molecule has 0 saturated carbocycles. The minimum atomic E-state index is 0.703. The van der Waals surface area contributed by atoms with Crippen molar-refractivity contribution in [2.24, 2.45) is 0 Å². The van der Waals surface area contributed by atoms with Crippen molar-refractivity contribution in [1.82, 2.24) is 0 Å². The van der Waals surface area contributed by atoms with E-state index in [0.29, 0.717) is 21.3 Å². The first kappa shape index (κ1) is 15.8. The van der Waals surface area contributed by atoms with Gasteiger partial charge in [-0.3, -0.25) is 0 Å². The third kappa shape index (κ3) is 3.00. The zero-order valence-electron chi connectivity index (χ0n) is 8.10. The van der Waals surface area contributed by atoms with Crippen molar-refractivity contribution < 1.29 is 0 Å². The van der Waals surface area contributed by atoms with Crippen LogP contribution in [0.5, 0.6) is 0 Å². The van der Waals surface area contributed by atoms with Crippen molar-refractivity contribution >= 4 is 86.9 Å². The molecular weight excluding hydrogens is 511 g/mol. The zero-order valence-corrected chi connectivity index (χ0v) is 16.0. The normalized spacial score (nSPS) is 10.9. The Bertz CT molecular complexity index is 323. The summed E-state index contributed by atoms with van der Waals surface area (Å²) in [6.45, 7) is 0. The fourth-order valence-electron chi connectivity index (χ4n) is 1.45. The Labute approximate surface area is 139 Å². The first-order valence-electron chi connectivity index (χ1n) is 4.36. The van der Waals surface area contributed by atoms with Gasteiger partial charge in [-0.1, -0.05) is 86.9 Å². The highest BCUT2D eigenvalue weighted by Gasteiger charge is 2.19. The number of rotatable bonds is 4. The van der Waals surface area contributed by atoms with E-state index >= 15 is 0 Å². The van der Waals surface area contributed by atoms with Gasteiger partial charge in [-0.2, -0.15) is 0 Å². The van der Waals surface area contributed by atoms with Gasteiger partial charge in [0.15, 0.2) is 0 Å². The largest absolute Gasteiger partial charge is 0.0876 e. The molecule has 0 aliphatic heterocycles. The molecule has 0 spiro atoms. The molecule has 0 nitrogen and oxygen atoms in total. The van der Waals surface area contributed by atoms with E-state index in [1.807, 2.05) is 0 Å². The van der Waals surface area contributed by atoms with Crippen LogP contribution < -0.4 is 0 Å². The van der Waals surface area contributed by atoms with E-state index < -0.39 is 0 Å². The predicted octanol–water partition coefficient (Wildman–Crippen LogP) is 6.57. The third-order valence-corrected chi connectivity index (χ3v) is 5.48. The topological polar surface area (TPSA) is 0 Å². The van der Waals surface area contributed by atoms with Crippen LogP contribution in [0.2, 0.25) is 10.0 Å². The number of benzene rings is 1. The zero-order chi connectivity index (χ0) is 12.3. The molecule has 0 fully saturated rings. The van der Waals surface area contributed by atoms with Crippen LogP contribution in [-0.4, -0.2) is 0 Å². The molecule has 1 rings (SSSR count). The summed E-state index contributed by atoms with van der Waals surface area (Å²) in [6, 6.07) is 0. The molecule has 0 aliphatic carbocycles. The van der Waals surface area contributed by atoms with E-state index in [-0.39, 0.29) is 0 Å². The predicted molar refractivity (Wildman–Crippen MR) is 87.0 cm³/mol. The highest BCUT2D eigenvalue weighted by molar-refractivity contribution is 9.09. The summed E-state index contributed by atoms with van der Waals surface area (Å²) in [5, 5.41) is 4.40. The van der Waals surface area contributed by atoms with E-state index in [1.54, 1.807) is 0 Å². The van der Waals surface area contributed by atoms with Gasteiger partial charge in [-0.15, -0.1) is 0 Å². The first-order chi connectivity index (χ1) is 7.62. The Kier molecular flexibility index (Phi) is 7.24. The maximum atomic E-state index is 6.39. The fourth-order valence-corrected chi connectivity index (χ4v) is 5.30. The van der Waals surface area contributed by atoms with Gasteiger partial charge in [-0.25, -0.2) is 0 Å². The molecule has 0 amide bonds. The molecule has 0 aromatic heterocycles. The van der Waals surface area contributed by atoms with Gasteiger partial charge in [0.25, 0.3) is 0 Å². The van der Waals surface area contributed by atoms with Gasteiger partial charge in [-0.05, 0) is 22.3 Å². The molecule has 1 aromatic carbocycles. The van der Waals surface area contributed by atoms with Gasteiger partial charge in [0.1, 0.15) is 0 Å². The second-order valence-corrected chi connectivity index (χ2v) is 6.08. The van der Waals surface area contributed by atoms with E-state index in [9.17, 15) is 0 Å². The highest BCUT2D eigenvalue weighted by atomic mass is 79.9. The van der Waals surface area contributed by atoms with Crippen molar-refractivity contribution in [2.45, 2.75) is 21.3 Å². The van der Waals surface area contributed by atoms with Crippen molar-refractivity contribution in [3.63, 3.8) is 0 Å². The van der Waals surface area contributed by atoms with Crippen LogP contribution in [0.15, 0.2) is 0 Å². The highest BCUT2D eigenvalue weighted by Crippen LogP contribution is 2.39. The molecule has 16 heavy (non-hydrogen) atoms. The number of hydrogen-bond donors (Lipinski definition) is 0. The molecule has 0 saturated heterocycles. The van der Waals surface area contributed by atoms with Gasteiger partial charge in [0, 0.05) is 31.4 Å². The average Bonchev–Trinajstić information content (AvgIpc) is 2.30. The molecule has 0 bridgehead atoms. The van der Waals surface area contributed by atoms with Gasteiger partial charge in [0.05, 0.1) is 0 Å². The second-order valence-electron chi connectivity index (χ2n) is 3.08. The van der Waals surface area contributed by atoms with Gasteiger partial charge in [0.2, 0.25) is 0 Å². The first-order valence-corrected chi connectivity index (χ1v) is 9.60. The van der Waals surface area contributed by atoms with Crippen LogP contribution in [0.25, 0.3) is 0 Å². The lowest BCUT2D eigenvalue weighted by atomic mass is 10.0. The fraction of sp³-hybridized carbons (Fsp3) is 0.400. The Hall–Kier alpha value is 1.72. The molecule has 0 radical (unpaired) electrons. The summed E-state index contributed by atoms with van der Waals surface area (Å²) in [6.07, 6.45) is 0. The Morgan fingerprint density at radius 1 is 0.562 bits per heavy atom. The van der Waals surface area contributed by atoms with Gasteiger partial charge < -0.3 is 0 Å². The van der Waals surface area contributed by atoms with Crippen molar-refractivity contribution in [1.29, 1.82) is 0 Å². The molecule has 0 N–H and O–H groups in total. The lowest BCUT2D eigenvalue weighted by molar-refractivity contribution is 1.21. The summed E-state index contributed by atoms with van der Waals surface area (Å²) in [4.78, 5) is 0. The van der Waals surface area contributed by atoms with E-state index in [0.717, 1.165) is 32.3 Å². The average molecular weight is 519 g/mol. The maximum absolute atomic E-state index is 6.39. The van der Waals surface area contributed by atoms with Crippen molar-refractivity contribution in [2.75, 3.05) is 0 Å². The van der Waals surface area contributed by atoms with Crippen molar-refractivity contribution in [3.8, 4) is 0 Å². The minimum absolute atomic E-state index is 0.703. The quantitative estimate of drug-likeness (QED) is 0.396. The Morgan fingerprint density at radius 2 is 0.750 bits per heavy atom. The van der Waals surface area contributed by atoms with Crippen LogP contribution in [-0.2, 0) is 21.3 Å². The lowest BCUT2D eigenvalue weighted by Gasteiger charge is -2.17. The maximum Gasteiger partial charge on any atom is 0.0494 e. The SMILES string of the molecule is Clc1c(CBr)c(CBr)c(Cl)c(CBr)c1CBr. The van der Waals surface area contributed by atoms with E-state index in [1.165, 1.54) is 0 Å². The summed E-state index contributed by atoms with van der Waals surface area (Å²) >= 11 is 26.6. The molecule has 6 heteroatoms. The number of halogens is 6. The molecule has 0 atom stereocenters. The molecule has 0 aliphatic rings. The molecule has 1 aromatic rings. The number of hydrogen-bond acceptors (Lipinski definition) is 0. The summed E-state index contributed by atoms with van der Waals surface area (Å²) in [5.74, 6) is 0. The molecule has 90 valence electrons. The van der Waals surface area contributed by atoms with E-state index in [2.05, 4.69) is 63.7 Å². The van der Waals surface area contributed by atoms with Crippen LogP contribution in [0.1, 0.15) is 22.3 Å². The van der Waals surface area contributed by atoms with Crippen molar-refractivity contribution in [3.05, 3.63) is 32.3 Å². The van der Waals surface area contributed by atoms with Crippen LogP contribution in [0.4, 0.5) is 0 Å². The van der Waals surface area contributed by atoms with Gasteiger partial charge >= 0.3 is 0 Å². The van der Waals surface area contributed by atoms with Crippen LogP contribution >= 0.6 is 86.9 Å². The molecule has 0 unspecified atom stereocenters. The summed E-state index contributed by atoms with van der Waals surface area (Å²) in [5.41, 5.74) is 4.23. The van der Waals surface area contributed by atoms with E-state index in [4.69, 9.17) is 23.2 Å². The molecule has 0 heterocycles. The minimum Gasteiger partial charge on any atom is -0.0876 e. The monoisotopic (exact) mass is 514 g/mol. The third-order valence-electron chi connectivity index (χ3n) is 2.32. The smallest absolute Gasteiger partial charge is 0.0494 e.